The number of carbonyl (C=O) groups is 1. The first-order valence-electron chi connectivity index (χ1n) is 10.3. The Labute approximate surface area is 182 Å². The summed E-state index contributed by atoms with van der Waals surface area (Å²) < 4.78 is 32.9. The van der Waals surface area contributed by atoms with Crippen LogP contribution < -0.4 is 5.32 Å². The van der Waals surface area contributed by atoms with Crippen LogP contribution in [0.25, 0.3) is 10.9 Å². The van der Waals surface area contributed by atoms with Gasteiger partial charge in [-0.15, -0.1) is 0 Å². The molecule has 0 unspecified atom stereocenters. The molecule has 2 heterocycles. The van der Waals surface area contributed by atoms with Crippen LogP contribution in [0.5, 0.6) is 0 Å². The van der Waals surface area contributed by atoms with Crippen molar-refractivity contribution < 1.29 is 17.9 Å². The van der Waals surface area contributed by atoms with Gasteiger partial charge in [0.15, 0.2) is 0 Å². The third kappa shape index (κ3) is 4.37. The van der Waals surface area contributed by atoms with E-state index >= 15 is 0 Å². The van der Waals surface area contributed by atoms with Crippen molar-refractivity contribution in [1.82, 2.24) is 9.29 Å². The maximum absolute atomic E-state index is 13.1. The van der Waals surface area contributed by atoms with Gasteiger partial charge in [0.1, 0.15) is 0 Å². The van der Waals surface area contributed by atoms with Gasteiger partial charge in [0.2, 0.25) is 15.9 Å². The lowest BCUT2D eigenvalue weighted by Crippen LogP contribution is -2.40. The Bertz CT molecular complexity index is 1240. The average Bonchev–Trinajstić information content (AvgIpc) is 3.04. The lowest BCUT2D eigenvalue weighted by atomic mass is 10.1. The number of hydrogen-bond donors (Lipinski definition) is 2. The van der Waals surface area contributed by atoms with Crippen LogP contribution >= 0.6 is 0 Å². The number of fused-ring (bicyclic) bond motifs is 1. The molecular weight excluding hydrogens is 414 g/mol. The second kappa shape index (κ2) is 8.45. The molecular formula is C23H27N3O4S. The average molecular weight is 442 g/mol. The fraction of sp³-hybridized carbons (Fsp3) is 0.348. The molecule has 164 valence electrons. The Morgan fingerprint density at radius 1 is 1.10 bits per heavy atom. The molecule has 31 heavy (non-hydrogen) atoms. The van der Waals surface area contributed by atoms with Gasteiger partial charge in [0.25, 0.3) is 0 Å². The summed E-state index contributed by atoms with van der Waals surface area (Å²) >= 11 is 0. The number of aryl methyl sites for hydroxylation is 3. The monoisotopic (exact) mass is 441 g/mol. The van der Waals surface area contributed by atoms with E-state index in [0.717, 1.165) is 27.7 Å². The van der Waals surface area contributed by atoms with Gasteiger partial charge in [0, 0.05) is 35.4 Å². The highest BCUT2D eigenvalue weighted by molar-refractivity contribution is 7.89. The third-order valence-corrected chi connectivity index (χ3v) is 7.71. The zero-order chi connectivity index (χ0) is 22.2. The van der Waals surface area contributed by atoms with E-state index in [9.17, 15) is 13.2 Å². The van der Waals surface area contributed by atoms with Gasteiger partial charge in [0.05, 0.1) is 24.5 Å². The number of amides is 1. The molecule has 2 aromatic carbocycles. The van der Waals surface area contributed by atoms with Crippen LogP contribution in [0.1, 0.15) is 22.4 Å². The van der Waals surface area contributed by atoms with Crippen LogP contribution in [0, 0.1) is 20.8 Å². The number of aromatic nitrogens is 1. The molecule has 2 N–H and O–H groups in total. The Hall–Kier alpha value is -2.68. The first-order valence-corrected chi connectivity index (χ1v) is 11.8. The third-order valence-electron chi connectivity index (χ3n) is 5.67. The molecule has 8 heteroatoms. The van der Waals surface area contributed by atoms with Crippen molar-refractivity contribution in [3.05, 3.63) is 58.8 Å². The first-order chi connectivity index (χ1) is 14.8. The smallest absolute Gasteiger partial charge is 0.243 e. The van der Waals surface area contributed by atoms with E-state index in [1.54, 1.807) is 25.1 Å². The number of nitrogens with zero attached hydrogens (tertiary/aromatic N) is 1. The van der Waals surface area contributed by atoms with Gasteiger partial charge in [-0.05, 0) is 56.2 Å². The summed E-state index contributed by atoms with van der Waals surface area (Å²) in [6, 6.07) is 11.1. The molecule has 0 bridgehead atoms. The minimum absolute atomic E-state index is 0.191. The van der Waals surface area contributed by atoms with Crippen molar-refractivity contribution in [2.75, 3.05) is 31.6 Å². The summed E-state index contributed by atoms with van der Waals surface area (Å²) in [4.78, 5) is 16.3. The fourth-order valence-corrected chi connectivity index (χ4v) is 5.63. The number of nitrogens with one attached hydrogen (secondary N) is 2. The molecule has 1 fully saturated rings. The number of anilines is 1. The molecule has 7 nitrogen and oxygen atoms in total. The van der Waals surface area contributed by atoms with Gasteiger partial charge < -0.3 is 15.0 Å². The Morgan fingerprint density at radius 2 is 1.84 bits per heavy atom. The van der Waals surface area contributed by atoms with Crippen LogP contribution in [-0.4, -0.2) is 49.9 Å². The minimum Gasteiger partial charge on any atom is -0.379 e. The van der Waals surface area contributed by atoms with Crippen LogP contribution in [-0.2, 0) is 26.0 Å². The van der Waals surface area contributed by atoms with Crippen LogP contribution in [0.15, 0.2) is 41.3 Å². The number of aromatic amines is 1. The number of H-pyrrole nitrogens is 1. The Kier molecular flexibility index (Phi) is 5.88. The summed E-state index contributed by atoms with van der Waals surface area (Å²) in [5, 5.41) is 3.90. The zero-order valence-electron chi connectivity index (χ0n) is 18.0. The molecule has 0 radical (unpaired) electrons. The van der Waals surface area contributed by atoms with Gasteiger partial charge in [-0.3, -0.25) is 4.79 Å². The standard InChI is InChI=1S/C23H27N3O4S/c1-15-4-7-21-20(12-15)19(17(3)24-21)14-23(27)25-18-6-5-16(2)22(13-18)31(28,29)26-8-10-30-11-9-26/h4-7,12-13,24H,8-11,14H2,1-3H3,(H,25,27). The van der Waals surface area contributed by atoms with Crippen molar-refractivity contribution in [3.63, 3.8) is 0 Å². The molecule has 0 aliphatic carbocycles. The molecule has 1 aromatic heterocycles. The molecule has 1 saturated heterocycles. The highest BCUT2D eigenvalue weighted by Gasteiger charge is 2.28. The van der Waals surface area contributed by atoms with Crippen molar-refractivity contribution >= 4 is 32.5 Å². The van der Waals surface area contributed by atoms with Gasteiger partial charge >= 0.3 is 0 Å². The summed E-state index contributed by atoms with van der Waals surface area (Å²) in [6.07, 6.45) is 0.203. The highest BCUT2D eigenvalue weighted by atomic mass is 32.2. The molecule has 3 aromatic rings. The number of rotatable bonds is 5. The van der Waals surface area contributed by atoms with Crippen LogP contribution in [0.4, 0.5) is 5.69 Å². The zero-order valence-corrected chi connectivity index (χ0v) is 18.8. The van der Waals surface area contributed by atoms with E-state index in [2.05, 4.69) is 16.4 Å². The quantitative estimate of drug-likeness (QED) is 0.636. The topological polar surface area (TPSA) is 91.5 Å². The minimum atomic E-state index is -3.64. The second-order valence-corrected chi connectivity index (χ2v) is 9.91. The number of hydrogen-bond acceptors (Lipinski definition) is 4. The molecule has 0 atom stereocenters. The predicted molar refractivity (Wildman–Crippen MR) is 121 cm³/mol. The fourth-order valence-electron chi connectivity index (χ4n) is 3.97. The molecule has 4 rings (SSSR count). The Balaban J connectivity index is 1.56. The van der Waals surface area contributed by atoms with E-state index in [0.29, 0.717) is 37.6 Å². The second-order valence-electron chi connectivity index (χ2n) is 8.00. The number of ether oxygens (including phenoxy) is 1. The SMILES string of the molecule is Cc1ccc2[nH]c(C)c(CC(=O)Nc3ccc(C)c(S(=O)(=O)N4CCOCC4)c3)c2c1. The molecule has 1 aliphatic rings. The summed E-state index contributed by atoms with van der Waals surface area (Å²) in [5.41, 5.74) is 5.15. The lowest BCUT2D eigenvalue weighted by Gasteiger charge is -2.26. The van der Waals surface area contributed by atoms with Gasteiger partial charge in [-0.2, -0.15) is 4.31 Å². The van der Waals surface area contributed by atoms with E-state index < -0.39 is 10.0 Å². The molecule has 1 amide bonds. The summed E-state index contributed by atoms with van der Waals surface area (Å²) in [7, 11) is -3.64. The maximum Gasteiger partial charge on any atom is 0.243 e. The number of carbonyl (C=O) groups excluding carboxylic acids is 1. The molecule has 0 spiro atoms. The van der Waals surface area contributed by atoms with E-state index in [1.807, 2.05) is 26.0 Å². The van der Waals surface area contributed by atoms with Crippen molar-refractivity contribution in [3.8, 4) is 0 Å². The normalized spacial score (nSPS) is 15.3. The molecule has 0 saturated carbocycles. The summed E-state index contributed by atoms with van der Waals surface area (Å²) in [6.45, 7) is 7.17. The largest absolute Gasteiger partial charge is 0.379 e. The van der Waals surface area contributed by atoms with Crippen molar-refractivity contribution in [2.24, 2.45) is 0 Å². The predicted octanol–water partition coefficient (Wildman–Crippen LogP) is 3.30. The van der Waals surface area contributed by atoms with E-state index in [1.165, 1.54) is 4.31 Å². The van der Waals surface area contributed by atoms with Crippen molar-refractivity contribution in [1.29, 1.82) is 0 Å². The van der Waals surface area contributed by atoms with Crippen molar-refractivity contribution in [2.45, 2.75) is 32.1 Å². The molecule has 1 aliphatic heterocycles. The van der Waals surface area contributed by atoms with Crippen LogP contribution in [0.3, 0.4) is 0 Å². The highest BCUT2D eigenvalue weighted by Crippen LogP contribution is 2.26. The van der Waals surface area contributed by atoms with E-state index in [4.69, 9.17) is 4.74 Å². The summed E-state index contributed by atoms with van der Waals surface area (Å²) in [5.74, 6) is -0.191. The number of sulfonamides is 1. The van der Waals surface area contributed by atoms with E-state index in [-0.39, 0.29) is 17.2 Å². The maximum atomic E-state index is 13.1. The van der Waals surface area contributed by atoms with Gasteiger partial charge in [-0.1, -0.05) is 17.7 Å². The lowest BCUT2D eigenvalue weighted by molar-refractivity contribution is -0.115. The van der Waals surface area contributed by atoms with Gasteiger partial charge in [-0.25, -0.2) is 8.42 Å². The first kappa shape index (κ1) is 21.5. The van der Waals surface area contributed by atoms with Crippen LogP contribution in [0.2, 0.25) is 0 Å². The number of morpholine rings is 1. The Morgan fingerprint density at radius 3 is 2.58 bits per heavy atom. The number of benzene rings is 2.